The zero-order valence-electron chi connectivity index (χ0n) is 18.1. The van der Waals surface area contributed by atoms with Crippen molar-refractivity contribution in [2.45, 2.75) is 20.0 Å². The second-order valence-electron chi connectivity index (χ2n) is 7.17. The number of anilines is 1. The van der Waals surface area contributed by atoms with Gasteiger partial charge in [0, 0.05) is 5.69 Å². The molecule has 2 aromatic rings. The Hall–Kier alpha value is -3.79. The molecule has 0 radical (unpaired) electrons. The fourth-order valence-corrected chi connectivity index (χ4v) is 3.80. The van der Waals surface area contributed by atoms with Crippen molar-refractivity contribution in [3.63, 3.8) is 0 Å². The van der Waals surface area contributed by atoms with Gasteiger partial charge in [-0.2, -0.15) is 0 Å². The summed E-state index contributed by atoms with van der Waals surface area (Å²) in [5, 5.41) is 13.0. The predicted octanol–water partition coefficient (Wildman–Crippen LogP) is 2.20. The number of carbonyl (C=O) groups excluding carboxylic acids is 4. The van der Waals surface area contributed by atoms with Gasteiger partial charge in [0.1, 0.15) is 12.6 Å². The van der Waals surface area contributed by atoms with Crippen molar-refractivity contribution in [3.05, 3.63) is 58.5 Å². The first-order valence-electron chi connectivity index (χ1n) is 9.85. The first-order valence-corrected chi connectivity index (χ1v) is 10.7. The van der Waals surface area contributed by atoms with E-state index in [0.717, 1.165) is 22.2 Å². The number of benzene rings is 2. The summed E-state index contributed by atoms with van der Waals surface area (Å²) in [6.07, 6.45) is 0.296. The molecule has 172 valence electrons. The average molecular weight is 469 g/mol. The van der Waals surface area contributed by atoms with Gasteiger partial charge in [-0.1, -0.05) is 18.2 Å². The lowest BCUT2D eigenvalue weighted by atomic mass is 10.1. The summed E-state index contributed by atoms with van der Waals surface area (Å²) in [6, 6.07) is 11.8. The van der Waals surface area contributed by atoms with Crippen LogP contribution in [0.4, 0.5) is 10.5 Å². The van der Waals surface area contributed by atoms with Crippen LogP contribution in [0.5, 0.6) is 11.5 Å². The molecule has 33 heavy (non-hydrogen) atoms. The van der Waals surface area contributed by atoms with Crippen LogP contribution in [0.25, 0.3) is 6.08 Å². The molecule has 0 spiro atoms. The van der Waals surface area contributed by atoms with Gasteiger partial charge in [-0.3, -0.25) is 19.3 Å². The Kier molecular flexibility index (Phi) is 7.39. The Labute approximate surface area is 194 Å². The topological polar surface area (TPSA) is 125 Å². The fourth-order valence-electron chi connectivity index (χ4n) is 2.96. The number of carboxylic acid groups (broad SMARTS) is 1. The van der Waals surface area contributed by atoms with Crippen LogP contribution in [0.2, 0.25) is 0 Å². The quantitative estimate of drug-likeness (QED) is 0.584. The molecule has 2 aromatic carbocycles. The first-order chi connectivity index (χ1) is 15.7. The number of nitrogens with one attached hydrogen (secondary N) is 1. The predicted molar refractivity (Wildman–Crippen MR) is 121 cm³/mol. The number of hydrogen-bond acceptors (Lipinski definition) is 8. The Morgan fingerprint density at radius 2 is 1.94 bits per heavy atom. The second kappa shape index (κ2) is 10.2. The van der Waals surface area contributed by atoms with Gasteiger partial charge in [-0.05, 0) is 67.1 Å². The molecule has 0 aliphatic carbocycles. The van der Waals surface area contributed by atoms with Gasteiger partial charge in [0.05, 0.1) is 18.0 Å². The molecule has 0 aromatic heterocycles. The third kappa shape index (κ3) is 5.92. The largest absolute Gasteiger partial charge is 0.546 e. The van der Waals surface area contributed by atoms with Gasteiger partial charge < -0.3 is 24.7 Å². The van der Waals surface area contributed by atoms with Crippen molar-refractivity contribution >= 4 is 46.5 Å². The minimum atomic E-state index is -1.37. The lowest BCUT2D eigenvalue weighted by Crippen LogP contribution is -2.37. The van der Waals surface area contributed by atoms with E-state index < -0.39 is 35.7 Å². The van der Waals surface area contributed by atoms with E-state index >= 15 is 0 Å². The maximum absolute atomic E-state index is 12.7. The molecule has 1 aliphatic heterocycles. The van der Waals surface area contributed by atoms with E-state index in [4.69, 9.17) is 9.47 Å². The molecule has 0 bridgehead atoms. The van der Waals surface area contributed by atoms with Crippen LogP contribution in [0.15, 0.2) is 47.4 Å². The summed E-state index contributed by atoms with van der Waals surface area (Å²) in [5.74, 6) is -2.02. The summed E-state index contributed by atoms with van der Waals surface area (Å²) >= 11 is 0.720. The summed E-state index contributed by atoms with van der Waals surface area (Å²) in [4.78, 5) is 49.3. The molecule has 0 unspecified atom stereocenters. The highest BCUT2D eigenvalue weighted by Crippen LogP contribution is 2.34. The van der Waals surface area contributed by atoms with Gasteiger partial charge >= 0.3 is 0 Å². The smallest absolute Gasteiger partial charge is 0.294 e. The zero-order valence-corrected chi connectivity index (χ0v) is 18.9. The third-order valence-corrected chi connectivity index (χ3v) is 5.51. The number of rotatable bonds is 8. The molecule has 1 fully saturated rings. The van der Waals surface area contributed by atoms with Gasteiger partial charge in [0.2, 0.25) is 5.91 Å². The molecule has 3 rings (SSSR count). The molecule has 1 heterocycles. The molecular weight excluding hydrogens is 448 g/mol. The Morgan fingerprint density at radius 3 is 2.61 bits per heavy atom. The van der Waals surface area contributed by atoms with Crippen LogP contribution in [0.3, 0.4) is 0 Å². The number of thioether (sulfide) groups is 1. The van der Waals surface area contributed by atoms with Crippen LogP contribution in [0, 0.1) is 6.92 Å². The van der Waals surface area contributed by atoms with E-state index in [0.29, 0.717) is 11.3 Å². The van der Waals surface area contributed by atoms with E-state index in [1.165, 1.54) is 32.2 Å². The average Bonchev–Trinajstić information content (AvgIpc) is 3.01. The van der Waals surface area contributed by atoms with E-state index in [9.17, 15) is 24.3 Å². The normalized spacial score (nSPS) is 15.5. The molecule has 1 N–H and O–H groups in total. The molecule has 1 atom stereocenters. The molecule has 10 heteroatoms. The van der Waals surface area contributed by atoms with Crippen molar-refractivity contribution in [2.75, 3.05) is 19.0 Å². The maximum atomic E-state index is 12.7. The monoisotopic (exact) mass is 469 g/mol. The Bertz CT molecular complexity index is 1150. The number of methoxy groups -OCH3 is 1. The first kappa shape index (κ1) is 23.9. The van der Waals surface area contributed by atoms with Gasteiger partial charge in [-0.25, -0.2) is 0 Å². The van der Waals surface area contributed by atoms with Crippen LogP contribution < -0.4 is 19.9 Å². The van der Waals surface area contributed by atoms with E-state index in [2.05, 4.69) is 5.32 Å². The summed E-state index contributed by atoms with van der Waals surface area (Å²) in [7, 11) is 1.39. The minimum absolute atomic E-state index is 0.141. The minimum Gasteiger partial charge on any atom is -0.546 e. The second-order valence-corrected chi connectivity index (χ2v) is 8.17. The van der Waals surface area contributed by atoms with Crippen molar-refractivity contribution in [1.82, 2.24) is 4.90 Å². The van der Waals surface area contributed by atoms with Crippen LogP contribution in [-0.2, 0) is 14.4 Å². The lowest BCUT2D eigenvalue weighted by Gasteiger charge is -2.17. The highest BCUT2D eigenvalue weighted by molar-refractivity contribution is 8.18. The number of aliphatic carboxylic acids is 1. The molecule has 9 nitrogen and oxygen atoms in total. The highest BCUT2D eigenvalue weighted by Gasteiger charge is 2.36. The number of hydrogen-bond donors (Lipinski definition) is 1. The van der Waals surface area contributed by atoms with Gasteiger partial charge in [0.15, 0.2) is 11.5 Å². The van der Waals surface area contributed by atoms with Crippen molar-refractivity contribution < 1.29 is 33.8 Å². The Morgan fingerprint density at radius 1 is 1.18 bits per heavy atom. The summed E-state index contributed by atoms with van der Waals surface area (Å²) in [5.41, 5.74) is 2.06. The fraction of sp³-hybridized carbons (Fsp3) is 0.217. The molecule has 1 aliphatic rings. The van der Waals surface area contributed by atoms with Crippen molar-refractivity contribution in [2.24, 2.45) is 0 Å². The van der Waals surface area contributed by atoms with Crippen LogP contribution >= 0.6 is 11.8 Å². The summed E-state index contributed by atoms with van der Waals surface area (Å²) < 4.78 is 10.5. The van der Waals surface area contributed by atoms with Gasteiger partial charge in [0.25, 0.3) is 11.1 Å². The number of ether oxygens (including phenoxy) is 2. The number of aryl methyl sites for hydroxylation is 1. The van der Waals surface area contributed by atoms with Gasteiger partial charge in [-0.15, -0.1) is 0 Å². The van der Waals surface area contributed by atoms with Crippen LogP contribution in [-0.4, -0.2) is 47.7 Å². The van der Waals surface area contributed by atoms with Crippen LogP contribution in [0.1, 0.15) is 18.1 Å². The van der Waals surface area contributed by atoms with Crippen molar-refractivity contribution in [3.8, 4) is 11.5 Å². The van der Waals surface area contributed by atoms with Crippen molar-refractivity contribution in [1.29, 1.82) is 0 Å². The lowest BCUT2D eigenvalue weighted by molar-refractivity contribution is -0.312. The highest BCUT2D eigenvalue weighted by atomic mass is 32.2. The number of imide groups is 1. The summed E-state index contributed by atoms with van der Waals surface area (Å²) in [6.45, 7) is 2.80. The SMILES string of the molecule is COc1cc(/C=C2\SC(=O)N(CC(=O)Nc3cccc(C)c3)C2=O)ccc1O[C@H](C)C(=O)[O-]. The van der Waals surface area contributed by atoms with E-state index in [1.54, 1.807) is 24.3 Å². The Balaban J connectivity index is 1.72. The molecular formula is C23H21N2O7S-. The van der Waals surface area contributed by atoms with E-state index in [-0.39, 0.29) is 16.4 Å². The maximum Gasteiger partial charge on any atom is 0.294 e. The van der Waals surface area contributed by atoms with E-state index in [1.807, 2.05) is 13.0 Å². The number of carbonyl (C=O) groups is 4. The number of nitrogens with zero attached hydrogens (tertiary/aromatic N) is 1. The number of amides is 3. The zero-order chi connectivity index (χ0) is 24.1. The molecule has 1 saturated heterocycles. The molecule has 3 amide bonds. The standard InChI is InChI=1S/C23H22N2O7S/c1-13-5-4-6-16(9-13)24-20(26)12-25-21(27)19(33-23(25)30)11-15-7-8-17(18(10-15)31-3)32-14(2)22(28)29/h4-11,14H,12H2,1-3H3,(H,24,26)(H,28,29)/p-1/b19-11-/t14-/m1/s1. The molecule has 0 saturated carbocycles. The third-order valence-electron chi connectivity index (χ3n) is 4.60. The number of carboxylic acids is 1.